The molecular formula is C20H14F3NO3S. The lowest BCUT2D eigenvalue weighted by atomic mass is 10.1. The van der Waals surface area contributed by atoms with Crippen LogP contribution in [0.1, 0.15) is 26.8 Å². The third kappa shape index (κ3) is 4.98. The minimum absolute atomic E-state index is 0.335. The molecule has 0 aliphatic heterocycles. The Balaban J connectivity index is 1.67. The Morgan fingerprint density at radius 3 is 2.25 bits per heavy atom. The average Bonchev–Trinajstić information content (AvgIpc) is 3.18. The first-order valence-corrected chi connectivity index (χ1v) is 9.02. The van der Waals surface area contributed by atoms with Crippen LogP contribution in [0, 0.1) is 17.5 Å². The molecular weight excluding hydrogens is 391 g/mol. The molecule has 0 aliphatic carbocycles. The van der Waals surface area contributed by atoms with E-state index in [1.165, 1.54) is 23.5 Å². The van der Waals surface area contributed by atoms with Gasteiger partial charge in [0.1, 0.15) is 17.5 Å². The first-order chi connectivity index (χ1) is 13.4. The molecule has 3 rings (SSSR count). The molecule has 1 amide bonds. The van der Waals surface area contributed by atoms with E-state index < -0.39 is 42.0 Å². The zero-order valence-corrected chi connectivity index (χ0v) is 15.1. The van der Waals surface area contributed by atoms with E-state index in [0.29, 0.717) is 11.6 Å². The number of ether oxygens (including phenoxy) is 1. The van der Waals surface area contributed by atoms with Gasteiger partial charge in [-0.3, -0.25) is 4.79 Å². The molecule has 0 spiro atoms. The van der Waals surface area contributed by atoms with Crippen molar-refractivity contribution in [2.45, 2.75) is 6.04 Å². The second kappa shape index (κ2) is 8.71. The van der Waals surface area contributed by atoms with Crippen LogP contribution in [0.25, 0.3) is 0 Å². The Labute approximate surface area is 162 Å². The summed E-state index contributed by atoms with van der Waals surface area (Å²) in [6.45, 7) is -0.639. The number of nitrogens with one attached hydrogen (secondary N) is 1. The van der Waals surface area contributed by atoms with Crippen LogP contribution in [0.2, 0.25) is 0 Å². The predicted octanol–water partition coefficient (Wildman–Crippen LogP) is 4.23. The van der Waals surface area contributed by atoms with Gasteiger partial charge in [-0.05, 0) is 41.3 Å². The third-order valence-corrected chi connectivity index (χ3v) is 4.71. The number of thiophene rings is 1. The van der Waals surface area contributed by atoms with Crippen LogP contribution in [0.4, 0.5) is 13.2 Å². The maximum Gasteiger partial charge on any atom is 0.338 e. The Morgan fingerprint density at radius 1 is 0.964 bits per heavy atom. The van der Waals surface area contributed by atoms with Crippen molar-refractivity contribution in [3.05, 3.63) is 93.4 Å². The Bertz CT molecular complexity index is 955. The topological polar surface area (TPSA) is 55.4 Å². The van der Waals surface area contributed by atoms with Gasteiger partial charge < -0.3 is 10.1 Å². The molecule has 0 unspecified atom stereocenters. The van der Waals surface area contributed by atoms with Crippen molar-refractivity contribution in [3.63, 3.8) is 0 Å². The molecule has 0 saturated heterocycles. The third-order valence-electron chi connectivity index (χ3n) is 3.77. The van der Waals surface area contributed by atoms with Gasteiger partial charge in [-0.1, -0.05) is 18.2 Å². The highest BCUT2D eigenvalue weighted by atomic mass is 32.1. The predicted molar refractivity (Wildman–Crippen MR) is 97.3 cm³/mol. The van der Waals surface area contributed by atoms with E-state index in [1.54, 1.807) is 24.3 Å². The fraction of sp³-hybridized carbons (Fsp3) is 0.100. The molecule has 0 aliphatic rings. The molecule has 0 radical (unpaired) electrons. The summed E-state index contributed by atoms with van der Waals surface area (Å²) in [6, 6.07) is 11.0. The van der Waals surface area contributed by atoms with Gasteiger partial charge >= 0.3 is 5.97 Å². The Hall–Kier alpha value is -3.13. The fourth-order valence-electron chi connectivity index (χ4n) is 2.52. The van der Waals surface area contributed by atoms with E-state index in [9.17, 15) is 22.8 Å². The number of carbonyl (C=O) groups excluding carboxylic acids is 2. The van der Waals surface area contributed by atoms with E-state index in [2.05, 4.69) is 5.32 Å². The summed E-state index contributed by atoms with van der Waals surface area (Å²) < 4.78 is 44.4. The van der Waals surface area contributed by atoms with Crippen LogP contribution in [-0.4, -0.2) is 18.5 Å². The van der Waals surface area contributed by atoms with Gasteiger partial charge in [-0.2, -0.15) is 0 Å². The number of hydrogen-bond acceptors (Lipinski definition) is 4. The standard InChI is InChI=1S/C20H14F3NO3S/c21-14-5-3-12(4-6-14)19(17-2-1-7-28-17)24-18(25)11-27-20(26)13-8-15(22)10-16(23)9-13/h1-10,19H,11H2,(H,24,25)/t19-/m1/s1. The van der Waals surface area contributed by atoms with E-state index >= 15 is 0 Å². The lowest BCUT2D eigenvalue weighted by Gasteiger charge is -2.18. The van der Waals surface area contributed by atoms with Crippen LogP contribution >= 0.6 is 11.3 Å². The van der Waals surface area contributed by atoms with Gasteiger partial charge in [0.2, 0.25) is 0 Å². The summed E-state index contributed by atoms with van der Waals surface area (Å²) in [5.74, 6) is -3.90. The van der Waals surface area contributed by atoms with Crippen molar-refractivity contribution in [2.24, 2.45) is 0 Å². The summed E-state index contributed by atoms with van der Waals surface area (Å²) in [5, 5.41) is 4.54. The Morgan fingerprint density at radius 2 is 1.64 bits per heavy atom. The molecule has 28 heavy (non-hydrogen) atoms. The van der Waals surface area contributed by atoms with Crippen molar-refractivity contribution in [1.29, 1.82) is 0 Å². The van der Waals surface area contributed by atoms with Gasteiger partial charge in [-0.25, -0.2) is 18.0 Å². The molecule has 1 heterocycles. The van der Waals surface area contributed by atoms with Gasteiger partial charge in [0.05, 0.1) is 11.6 Å². The molecule has 0 bridgehead atoms. The number of amides is 1. The highest BCUT2D eigenvalue weighted by Crippen LogP contribution is 2.26. The largest absolute Gasteiger partial charge is 0.452 e. The lowest BCUT2D eigenvalue weighted by Crippen LogP contribution is -2.32. The number of benzene rings is 2. The van der Waals surface area contributed by atoms with E-state index in [-0.39, 0.29) is 5.56 Å². The monoisotopic (exact) mass is 405 g/mol. The molecule has 3 aromatic rings. The maximum atomic E-state index is 13.2. The maximum absolute atomic E-state index is 13.2. The summed E-state index contributed by atoms with van der Waals surface area (Å²) in [6.07, 6.45) is 0. The Kier molecular flexibility index (Phi) is 6.10. The highest BCUT2D eigenvalue weighted by Gasteiger charge is 2.19. The number of hydrogen-bond donors (Lipinski definition) is 1. The number of halogens is 3. The first kappa shape index (κ1) is 19.6. The average molecular weight is 405 g/mol. The molecule has 1 aromatic heterocycles. The highest BCUT2D eigenvalue weighted by molar-refractivity contribution is 7.10. The molecule has 1 N–H and O–H groups in total. The van der Waals surface area contributed by atoms with Gasteiger partial charge in [0, 0.05) is 10.9 Å². The van der Waals surface area contributed by atoms with E-state index in [4.69, 9.17) is 4.74 Å². The van der Waals surface area contributed by atoms with Crippen LogP contribution in [0.15, 0.2) is 60.0 Å². The van der Waals surface area contributed by atoms with Crippen molar-refractivity contribution < 1.29 is 27.5 Å². The van der Waals surface area contributed by atoms with Crippen LogP contribution in [-0.2, 0) is 9.53 Å². The fourth-order valence-corrected chi connectivity index (χ4v) is 3.32. The summed E-state index contributed by atoms with van der Waals surface area (Å²) in [5.41, 5.74) is 0.314. The molecule has 1 atom stereocenters. The minimum Gasteiger partial charge on any atom is -0.452 e. The summed E-state index contributed by atoms with van der Waals surface area (Å²) >= 11 is 1.40. The van der Waals surface area contributed by atoms with Gasteiger partial charge in [0.15, 0.2) is 6.61 Å². The SMILES string of the molecule is O=C(COC(=O)c1cc(F)cc(F)c1)N[C@H](c1ccc(F)cc1)c1cccs1. The van der Waals surface area contributed by atoms with Crippen molar-refractivity contribution in [3.8, 4) is 0 Å². The molecule has 144 valence electrons. The van der Waals surface area contributed by atoms with Crippen LogP contribution < -0.4 is 5.32 Å². The second-order valence-corrected chi connectivity index (χ2v) is 6.78. The van der Waals surface area contributed by atoms with E-state index in [0.717, 1.165) is 17.0 Å². The quantitative estimate of drug-likeness (QED) is 0.625. The minimum atomic E-state index is -1.02. The molecule has 0 fully saturated rings. The van der Waals surface area contributed by atoms with E-state index in [1.807, 2.05) is 5.38 Å². The van der Waals surface area contributed by atoms with Crippen molar-refractivity contribution >= 4 is 23.2 Å². The summed E-state index contributed by atoms with van der Waals surface area (Å²) in [4.78, 5) is 25.0. The zero-order chi connectivity index (χ0) is 20.1. The molecule has 0 saturated carbocycles. The first-order valence-electron chi connectivity index (χ1n) is 8.14. The van der Waals surface area contributed by atoms with Crippen molar-refractivity contribution in [1.82, 2.24) is 5.32 Å². The molecule has 2 aromatic carbocycles. The smallest absolute Gasteiger partial charge is 0.338 e. The summed E-state index contributed by atoms with van der Waals surface area (Å²) in [7, 11) is 0. The lowest BCUT2D eigenvalue weighted by molar-refractivity contribution is -0.124. The number of esters is 1. The van der Waals surface area contributed by atoms with Crippen molar-refractivity contribution in [2.75, 3.05) is 6.61 Å². The van der Waals surface area contributed by atoms with Crippen LogP contribution in [0.5, 0.6) is 0 Å². The normalized spacial score (nSPS) is 11.7. The molecule has 4 nitrogen and oxygen atoms in total. The second-order valence-electron chi connectivity index (χ2n) is 5.80. The van der Waals surface area contributed by atoms with Gasteiger partial charge in [0.25, 0.3) is 5.91 Å². The van der Waals surface area contributed by atoms with Gasteiger partial charge in [-0.15, -0.1) is 11.3 Å². The zero-order valence-electron chi connectivity index (χ0n) is 14.3. The number of carbonyl (C=O) groups is 2. The number of rotatable bonds is 6. The molecule has 8 heteroatoms. The van der Waals surface area contributed by atoms with Crippen LogP contribution in [0.3, 0.4) is 0 Å².